The highest BCUT2D eigenvalue weighted by Crippen LogP contribution is 2.23. The number of rotatable bonds is 3. The molecule has 2 heterocycles. The first-order valence-corrected chi connectivity index (χ1v) is 7.22. The third-order valence-corrected chi connectivity index (χ3v) is 4.37. The third-order valence-electron chi connectivity index (χ3n) is 2.65. The van der Waals surface area contributed by atoms with Gasteiger partial charge in [-0.15, -0.1) is 0 Å². The number of hydrogen-bond donors (Lipinski definition) is 0. The number of aromatic nitrogens is 2. The Labute approximate surface area is 120 Å². The summed E-state index contributed by atoms with van der Waals surface area (Å²) in [6.07, 6.45) is 2.00. The second kappa shape index (κ2) is 6.15. The van der Waals surface area contributed by atoms with Gasteiger partial charge >= 0.3 is 0 Å². The van der Waals surface area contributed by atoms with E-state index in [0.29, 0.717) is 5.15 Å². The maximum Gasteiger partial charge on any atom is 0.227 e. The first kappa shape index (κ1) is 13.3. The largest absolute Gasteiger partial charge is 0.378 e. The van der Waals surface area contributed by atoms with E-state index in [9.17, 15) is 0 Å². The van der Waals surface area contributed by atoms with Gasteiger partial charge in [0.05, 0.1) is 22.5 Å². The molecule has 0 saturated carbocycles. The maximum absolute atomic E-state index is 6.16. The van der Waals surface area contributed by atoms with Crippen molar-refractivity contribution in [2.24, 2.45) is 0 Å². The van der Waals surface area contributed by atoms with Crippen LogP contribution in [0.15, 0.2) is 0 Å². The van der Waals surface area contributed by atoms with E-state index in [2.05, 4.69) is 44.4 Å². The van der Waals surface area contributed by atoms with Crippen molar-refractivity contribution in [2.75, 3.05) is 31.2 Å². The van der Waals surface area contributed by atoms with Crippen LogP contribution in [0.1, 0.15) is 19.0 Å². The van der Waals surface area contributed by atoms with Crippen LogP contribution < -0.4 is 4.90 Å². The van der Waals surface area contributed by atoms with Crippen LogP contribution in [-0.2, 0) is 11.2 Å². The molecule has 0 aromatic carbocycles. The van der Waals surface area contributed by atoms with E-state index in [-0.39, 0.29) is 0 Å². The molecule has 17 heavy (non-hydrogen) atoms. The molecular weight excluding hydrogens is 352 g/mol. The molecule has 0 aliphatic carbocycles. The van der Waals surface area contributed by atoms with Crippen LogP contribution >= 0.6 is 34.2 Å². The third kappa shape index (κ3) is 3.20. The van der Waals surface area contributed by atoms with Crippen molar-refractivity contribution in [3.63, 3.8) is 0 Å². The van der Waals surface area contributed by atoms with Crippen molar-refractivity contribution in [3.05, 3.63) is 14.4 Å². The van der Waals surface area contributed by atoms with Gasteiger partial charge in [0.15, 0.2) is 0 Å². The summed E-state index contributed by atoms with van der Waals surface area (Å²) in [5, 5.41) is 0.561. The standard InChI is InChI=1S/C11H15ClIN3O/c1-2-3-8-9(13)10(12)15-11(14-8)16-4-6-17-7-5-16/h2-7H2,1H3. The molecule has 1 aromatic rings. The minimum Gasteiger partial charge on any atom is -0.378 e. The van der Waals surface area contributed by atoms with Gasteiger partial charge in [-0.2, -0.15) is 4.98 Å². The first-order chi connectivity index (χ1) is 8.22. The van der Waals surface area contributed by atoms with Crippen LogP contribution in [0.4, 0.5) is 5.95 Å². The molecule has 0 spiro atoms. The second-order valence-electron chi connectivity index (χ2n) is 3.92. The van der Waals surface area contributed by atoms with Gasteiger partial charge < -0.3 is 9.64 Å². The number of anilines is 1. The monoisotopic (exact) mass is 367 g/mol. The van der Waals surface area contributed by atoms with Gasteiger partial charge in [0.25, 0.3) is 0 Å². The van der Waals surface area contributed by atoms with Crippen molar-refractivity contribution in [1.29, 1.82) is 0 Å². The minimum absolute atomic E-state index is 0.561. The Morgan fingerprint density at radius 3 is 2.71 bits per heavy atom. The zero-order valence-corrected chi connectivity index (χ0v) is 12.7. The summed E-state index contributed by atoms with van der Waals surface area (Å²) in [7, 11) is 0. The fourth-order valence-electron chi connectivity index (χ4n) is 1.76. The SMILES string of the molecule is CCCc1nc(N2CCOCC2)nc(Cl)c1I. The van der Waals surface area contributed by atoms with Gasteiger partial charge in [0.2, 0.25) is 5.95 Å². The molecule has 0 bridgehead atoms. The van der Waals surface area contributed by atoms with Gasteiger partial charge in [-0.1, -0.05) is 24.9 Å². The van der Waals surface area contributed by atoms with E-state index < -0.39 is 0 Å². The Kier molecular flexibility index (Phi) is 4.81. The maximum atomic E-state index is 6.16. The second-order valence-corrected chi connectivity index (χ2v) is 5.36. The summed E-state index contributed by atoms with van der Waals surface area (Å²) in [5.41, 5.74) is 1.05. The number of hydrogen-bond acceptors (Lipinski definition) is 4. The van der Waals surface area contributed by atoms with Crippen LogP contribution in [0.25, 0.3) is 0 Å². The van der Waals surface area contributed by atoms with Crippen LogP contribution in [0.5, 0.6) is 0 Å². The number of ether oxygens (including phenoxy) is 1. The van der Waals surface area contributed by atoms with Crippen molar-refractivity contribution >= 4 is 40.1 Å². The highest BCUT2D eigenvalue weighted by atomic mass is 127. The summed E-state index contributed by atoms with van der Waals surface area (Å²) < 4.78 is 6.30. The lowest BCUT2D eigenvalue weighted by atomic mass is 10.2. The van der Waals surface area contributed by atoms with Crippen LogP contribution in [-0.4, -0.2) is 36.3 Å². The molecule has 0 radical (unpaired) electrons. The van der Waals surface area contributed by atoms with Crippen LogP contribution in [0, 0.1) is 3.57 Å². The first-order valence-electron chi connectivity index (χ1n) is 5.77. The Bertz CT molecular complexity index is 397. The molecule has 6 heteroatoms. The molecule has 0 N–H and O–H groups in total. The van der Waals surface area contributed by atoms with Gasteiger partial charge in [0, 0.05) is 13.1 Å². The predicted octanol–water partition coefficient (Wildman–Crippen LogP) is 2.52. The molecule has 1 saturated heterocycles. The number of nitrogens with zero attached hydrogens (tertiary/aromatic N) is 3. The van der Waals surface area contributed by atoms with Crippen molar-refractivity contribution in [2.45, 2.75) is 19.8 Å². The Morgan fingerprint density at radius 1 is 1.35 bits per heavy atom. The van der Waals surface area contributed by atoms with E-state index in [4.69, 9.17) is 16.3 Å². The zero-order valence-electron chi connectivity index (χ0n) is 9.75. The molecule has 0 amide bonds. The van der Waals surface area contributed by atoms with E-state index in [0.717, 1.165) is 54.4 Å². The fourth-order valence-corrected chi connectivity index (χ4v) is 2.45. The minimum atomic E-state index is 0.561. The predicted molar refractivity (Wildman–Crippen MR) is 76.8 cm³/mol. The van der Waals surface area contributed by atoms with E-state index in [1.165, 1.54) is 0 Å². The normalized spacial score (nSPS) is 16.3. The summed E-state index contributed by atoms with van der Waals surface area (Å²) in [6.45, 7) is 5.28. The van der Waals surface area contributed by atoms with Gasteiger partial charge in [-0.3, -0.25) is 0 Å². The topological polar surface area (TPSA) is 38.2 Å². The highest BCUT2D eigenvalue weighted by molar-refractivity contribution is 14.1. The lowest BCUT2D eigenvalue weighted by Gasteiger charge is -2.27. The number of halogens is 2. The van der Waals surface area contributed by atoms with E-state index in [1.807, 2.05) is 0 Å². The molecule has 4 nitrogen and oxygen atoms in total. The molecular formula is C11H15ClIN3O. The van der Waals surface area contributed by atoms with Crippen LogP contribution in [0.2, 0.25) is 5.15 Å². The zero-order chi connectivity index (χ0) is 12.3. The fraction of sp³-hybridized carbons (Fsp3) is 0.636. The van der Waals surface area contributed by atoms with Gasteiger partial charge in [-0.25, -0.2) is 4.98 Å². The summed E-state index contributed by atoms with van der Waals surface area (Å²) >= 11 is 8.37. The van der Waals surface area contributed by atoms with Gasteiger partial charge in [-0.05, 0) is 29.0 Å². The van der Waals surface area contributed by atoms with Crippen molar-refractivity contribution in [3.8, 4) is 0 Å². The van der Waals surface area contributed by atoms with Crippen LogP contribution in [0.3, 0.4) is 0 Å². The molecule has 94 valence electrons. The molecule has 1 aromatic heterocycles. The molecule has 2 rings (SSSR count). The molecule has 1 aliphatic heterocycles. The smallest absolute Gasteiger partial charge is 0.227 e. The number of aryl methyl sites for hydroxylation is 1. The lowest BCUT2D eigenvalue weighted by molar-refractivity contribution is 0.122. The average molecular weight is 368 g/mol. The van der Waals surface area contributed by atoms with Crippen molar-refractivity contribution < 1.29 is 4.74 Å². The summed E-state index contributed by atoms with van der Waals surface area (Å²) in [4.78, 5) is 11.1. The lowest BCUT2D eigenvalue weighted by Crippen LogP contribution is -2.37. The summed E-state index contributed by atoms with van der Waals surface area (Å²) in [6, 6.07) is 0. The summed E-state index contributed by atoms with van der Waals surface area (Å²) in [5.74, 6) is 0.738. The Balaban J connectivity index is 2.27. The quantitative estimate of drug-likeness (QED) is 0.608. The number of morpholine rings is 1. The highest BCUT2D eigenvalue weighted by Gasteiger charge is 2.17. The molecule has 1 aliphatic rings. The van der Waals surface area contributed by atoms with E-state index >= 15 is 0 Å². The average Bonchev–Trinajstić information content (AvgIpc) is 2.36. The van der Waals surface area contributed by atoms with E-state index in [1.54, 1.807) is 0 Å². The van der Waals surface area contributed by atoms with Crippen molar-refractivity contribution in [1.82, 2.24) is 9.97 Å². The molecule has 0 unspecified atom stereocenters. The molecule has 0 atom stereocenters. The van der Waals surface area contributed by atoms with Gasteiger partial charge in [0.1, 0.15) is 5.15 Å². The Morgan fingerprint density at radius 2 is 2.06 bits per heavy atom. The molecule has 1 fully saturated rings. The Hall–Kier alpha value is -0.140.